The first-order valence-corrected chi connectivity index (χ1v) is 5.59. The van der Waals surface area contributed by atoms with Crippen molar-refractivity contribution in [3.05, 3.63) is 35.4 Å². The number of carbonyl (C=O) groups excluding carboxylic acids is 1. The van der Waals surface area contributed by atoms with Crippen LogP contribution in [-0.2, 0) is 6.54 Å². The Morgan fingerprint density at radius 1 is 1.12 bits per heavy atom. The van der Waals surface area contributed by atoms with Gasteiger partial charge in [-0.05, 0) is 19.7 Å². The van der Waals surface area contributed by atoms with Crippen LogP contribution < -0.4 is 0 Å². The lowest BCUT2D eigenvalue weighted by Crippen LogP contribution is -2.20. The summed E-state index contributed by atoms with van der Waals surface area (Å²) < 4.78 is 0. The van der Waals surface area contributed by atoms with Crippen LogP contribution in [0.3, 0.4) is 0 Å². The van der Waals surface area contributed by atoms with Gasteiger partial charge in [-0.15, -0.1) is 0 Å². The zero-order chi connectivity index (χ0) is 12.3. The fourth-order valence-corrected chi connectivity index (χ4v) is 1.56. The molecule has 0 aliphatic carbocycles. The highest BCUT2D eigenvalue weighted by Crippen LogP contribution is 2.21. The molecule has 0 aromatic heterocycles. The van der Waals surface area contributed by atoms with Crippen LogP contribution in [0.2, 0.25) is 0 Å². The number of ketones is 1. The summed E-state index contributed by atoms with van der Waals surface area (Å²) in [6.45, 7) is 6.75. The third kappa shape index (κ3) is 3.46. The topological polar surface area (TPSA) is 20.3 Å². The van der Waals surface area contributed by atoms with Crippen molar-refractivity contribution in [3.8, 4) is 0 Å². The Morgan fingerprint density at radius 2 is 1.62 bits per heavy atom. The lowest BCUT2D eigenvalue weighted by atomic mass is 9.86. The van der Waals surface area contributed by atoms with Crippen molar-refractivity contribution in [2.45, 2.75) is 27.3 Å². The molecule has 1 aromatic rings. The largest absolute Gasteiger partial charge is 0.305 e. The normalized spacial score (nSPS) is 11.9. The summed E-state index contributed by atoms with van der Waals surface area (Å²) in [5, 5.41) is 0. The Kier molecular flexibility index (Phi) is 3.87. The van der Waals surface area contributed by atoms with Crippen molar-refractivity contribution >= 4 is 5.78 Å². The molecule has 0 spiro atoms. The van der Waals surface area contributed by atoms with Crippen LogP contribution in [0.1, 0.15) is 36.7 Å². The Balaban J connectivity index is 2.83. The maximum atomic E-state index is 12.0. The van der Waals surface area contributed by atoms with Gasteiger partial charge >= 0.3 is 0 Å². The third-order valence-electron chi connectivity index (χ3n) is 2.40. The number of hydrogen-bond donors (Lipinski definition) is 0. The molecular formula is C14H21NO. The van der Waals surface area contributed by atoms with E-state index >= 15 is 0 Å². The van der Waals surface area contributed by atoms with Gasteiger partial charge in [0.25, 0.3) is 0 Å². The van der Waals surface area contributed by atoms with Crippen molar-refractivity contribution in [1.29, 1.82) is 0 Å². The van der Waals surface area contributed by atoms with Gasteiger partial charge in [-0.1, -0.05) is 45.0 Å². The predicted octanol–water partition coefficient (Wildman–Crippen LogP) is 2.98. The van der Waals surface area contributed by atoms with E-state index in [1.807, 2.05) is 59.1 Å². The summed E-state index contributed by atoms with van der Waals surface area (Å²) in [7, 11) is 4.07. The molecule has 2 heteroatoms. The lowest BCUT2D eigenvalue weighted by molar-refractivity contribution is 0.0858. The zero-order valence-corrected chi connectivity index (χ0v) is 10.9. The van der Waals surface area contributed by atoms with Gasteiger partial charge in [-0.3, -0.25) is 4.79 Å². The van der Waals surface area contributed by atoms with Crippen LogP contribution in [0, 0.1) is 5.41 Å². The maximum Gasteiger partial charge on any atom is 0.168 e. The van der Waals surface area contributed by atoms with E-state index in [1.165, 1.54) is 5.56 Å². The van der Waals surface area contributed by atoms with E-state index in [-0.39, 0.29) is 11.2 Å². The molecule has 16 heavy (non-hydrogen) atoms. The summed E-state index contributed by atoms with van der Waals surface area (Å²) in [6.07, 6.45) is 0. The van der Waals surface area contributed by atoms with E-state index in [0.29, 0.717) is 0 Å². The summed E-state index contributed by atoms with van der Waals surface area (Å²) >= 11 is 0. The average Bonchev–Trinajstić information content (AvgIpc) is 2.15. The molecule has 88 valence electrons. The number of benzene rings is 1. The first kappa shape index (κ1) is 12.9. The lowest BCUT2D eigenvalue weighted by Gasteiger charge is -2.17. The molecule has 0 aliphatic rings. The van der Waals surface area contributed by atoms with E-state index in [2.05, 4.69) is 4.90 Å². The van der Waals surface area contributed by atoms with Crippen molar-refractivity contribution in [2.75, 3.05) is 14.1 Å². The molecule has 0 N–H and O–H groups in total. The number of nitrogens with zero attached hydrogens (tertiary/aromatic N) is 1. The number of hydrogen-bond acceptors (Lipinski definition) is 2. The Labute approximate surface area is 98.3 Å². The standard InChI is InChI=1S/C14H21NO/c1-14(2,3)13(16)12-8-6-11(7-9-12)10-15(4)5/h6-9H,10H2,1-5H3. The molecule has 0 amide bonds. The number of carbonyl (C=O) groups is 1. The molecule has 0 heterocycles. The number of rotatable bonds is 3. The first-order valence-electron chi connectivity index (χ1n) is 5.59. The summed E-state index contributed by atoms with van der Waals surface area (Å²) in [5.74, 6) is 0.198. The molecule has 0 bridgehead atoms. The minimum Gasteiger partial charge on any atom is -0.305 e. The van der Waals surface area contributed by atoms with Crippen LogP contribution in [0.25, 0.3) is 0 Å². The molecule has 0 aliphatic heterocycles. The molecule has 0 radical (unpaired) electrons. The van der Waals surface area contributed by atoms with Crippen molar-refractivity contribution in [2.24, 2.45) is 5.41 Å². The van der Waals surface area contributed by atoms with Crippen LogP contribution >= 0.6 is 0 Å². The van der Waals surface area contributed by atoms with Gasteiger partial charge in [0.2, 0.25) is 0 Å². The first-order chi connectivity index (χ1) is 7.30. The van der Waals surface area contributed by atoms with E-state index in [9.17, 15) is 4.79 Å². The van der Waals surface area contributed by atoms with Crippen LogP contribution in [-0.4, -0.2) is 24.8 Å². The van der Waals surface area contributed by atoms with Crippen molar-refractivity contribution < 1.29 is 4.79 Å². The number of Topliss-reactive ketones (excluding diaryl/α,β-unsaturated/α-hetero) is 1. The van der Waals surface area contributed by atoms with Crippen LogP contribution in [0.5, 0.6) is 0 Å². The quantitative estimate of drug-likeness (QED) is 0.728. The molecule has 0 atom stereocenters. The summed E-state index contributed by atoms with van der Waals surface area (Å²) in [4.78, 5) is 14.1. The Hall–Kier alpha value is -1.15. The monoisotopic (exact) mass is 219 g/mol. The summed E-state index contributed by atoms with van der Waals surface area (Å²) in [5.41, 5.74) is 1.73. The van der Waals surface area contributed by atoms with Gasteiger partial charge in [0.1, 0.15) is 0 Å². The molecule has 0 saturated carbocycles. The average molecular weight is 219 g/mol. The van der Waals surface area contributed by atoms with Gasteiger partial charge in [-0.2, -0.15) is 0 Å². The fourth-order valence-electron chi connectivity index (χ4n) is 1.56. The van der Waals surface area contributed by atoms with Gasteiger partial charge in [-0.25, -0.2) is 0 Å². The van der Waals surface area contributed by atoms with E-state index in [0.717, 1.165) is 12.1 Å². The molecule has 2 nitrogen and oxygen atoms in total. The molecule has 0 fully saturated rings. The zero-order valence-electron chi connectivity index (χ0n) is 10.9. The van der Waals surface area contributed by atoms with Crippen LogP contribution in [0.4, 0.5) is 0 Å². The molecule has 1 aromatic carbocycles. The minimum atomic E-state index is -0.303. The van der Waals surface area contributed by atoms with E-state index < -0.39 is 0 Å². The van der Waals surface area contributed by atoms with Crippen molar-refractivity contribution in [1.82, 2.24) is 4.90 Å². The van der Waals surface area contributed by atoms with Crippen molar-refractivity contribution in [3.63, 3.8) is 0 Å². The Bertz CT molecular complexity index is 357. The second-order valence-corrected chi connectivity index (χ2v) is 5.51. The predicted molar refractivity (Wildman–Crippen MR) is 67.6 cm³/mol. The van der Waals surface area contributed by atoms with E-state index in [1.54, 1.807) is 0 Å². The highest BCUT2D eigenvalue weighted by molar-refractivity contribution is 5.99. The fraction of sp³-hybridized carbons (Fsp3) is 0.500. The van der Waals surface area contributed by atoms with Crippen LogP contribution in [0.15, 0.2) is 24.3 Å². The maximum absolute atomic E-state index is 12.0. The SMILES string of the molecule is CN(C)Cc1ccc(C(=O)C(C)(C)C)cc1. The molecule has 0 saturated heterocycles. The third-order valence-corrected chi connectivity index (χ3v) is 2.40. The van der Waals surface area contributed by atoms with E-state index in [4.69, 9.17) is 0 Å². The highest BCUT2D eigenvalue weighted by Gasteiger charge is 2.22. The smallest absolute Gasteiger partial charge is 0.168 e. The van der Waals surface area contributed by atoms with Gasteiger partial charge in [0.15, 0.2) is 5.78 Å². The highest BCUT2D eigenvalue weighted by atomic mass is 16.1. The second-order valence-electron chi connectivity index (χ2n) is 5.51. The Morgan fingerprint density at radius 3 is 2.00 bits per heavy atom. The second kappa shape index (κ2) is 4.79. The molecule has 1 rings (SSSR count). The van der Waals surface area contributed by atoms with Gasteiger partial charge in [0, 0.05) is 17.5 Å². The minimum absolute atomic E-state index is 0.198. The molecule has 0 unspecified atom stereocenters. The molecular weight excluding hydrogens is 198 g/mol. The van der Waals surface area contributed by atoms with Gasteiger partial charge in [0.05, 0.1) is 0 Å². The van der Waals surface area contributed by atoms with Gasteiger partial charge < -0.3 is 4.90 Å². The summed E-state index contributed by atoms with van der Waals surface area (Å²) in [6, 6.07) is 7.90.